The summed E-state index contributed by atoms with van der Waals surface area (Å²) in [4.78, 5) is 24.3. The number of fused-ring (bicyclic) bond motifs is 1. The molecule has 0 atom stereocenters. The maximum atomic E-state index is 12.4. The lowest BCUT2D eigenvalue weighted by Gasteiger charge is -2.04. The predicted molar refractivity (Wildman–Crippen MR) is 96.3 cm³/mol. The Labute approximate surface area is 142 Å². The first-order chi connectivity index (χ1) is 11.7. The van der Waals surface area contributed by atoms with E-state index in [0.29, 0.717) is 11.5 Å². The van der Waals surface area contributed by atoms with Crippen LogP contribution in [0.2, 0.25) is 0 Å². The number of amides is 1. The van der Waals surface area contributed by atoms with E-state index in [1.807, 2.05) is 49.4 Å². The van der Waals surface area contributed by atoms with E-state index >= 15 is 0 Å². The molecule has 24 heavy (non-hydrogen) atoms. The molecule has 1 aromatic carbocycles. The molecule has 1 amide bonds. The van der Waals surface area contributed by atoms with Crippen LogP contribution >= 0.6 is 11.3 Å². The second-order valence-corrected chi connectivity index (χ2v) is 6.29. The fourth-order valence-corrected chi connectivity index (χ4v) is 3.25. The summed E-state index contributed by atoms with van der Waals surface area (Å²) in [6, 6.07) is 13.8. The van der Waals surface area contributed by atoms with Crippen molar-refractivity contribution in [3.05, 3.63) is 65.3 Å². The van der Waals surface area contributed by atoms with Crippen LogP contribution in [0.25, 0.3) is 21.6 Å². The van der Waals surface area contributed by atoms with Crippen molar-refractivity contribution >= 4 is 34.0 Å². The van der Waals surface area contributed by atoms with Gasteiger partial charge in [-0.15, -0.1) is 11.3 Å². The van der Waals surface area contributed by atoms with Crippen molar-refractivity contribution in [3.8, 4) is 10.7 Å². The van der Waals surface area contributed by atoms with Crippen molar-refractivity contribution in [2.24, 2.45) is 0 Å². The highest BCUT2D eigenvalue weighted by Gasteiger charge is 2.14. The van der Waals surface area contributed by atoms with E-state index in [0.717, 1.165) is 27.2 Å². The monoisotopic (exact) mass is 334 g/mol. The summed E-state index contributed by atoms with van der Waals surface area (Å²) in [5, 5.41) is 6.47. The number of pyridine rings is 1. The summed E-state index contributed by atoms with van der Waals surface area (Å²) in [5.74, 6) is 0.304. The zero-order chi connectivity index (χ0) is 16.5. The number of benzene rings is 1. The van der Waals surface area contributed by atoms with Gasteiger partial charge in [-0.05, 0) is 30.7 Å². The molecule has 4 aromatic rings. The largest absolute Gasteiger partial charge is 0.353 e. The number of para-hydroxylation sites is 1. The molecule has 0 radical (unpaired) electrons. The molecule has 0 unspecified atom stereocenters. The molecule has 3 aromatic heterocycles. The maximum absolute atomic E-state index is 12.4. The average molecular weight is 334 g/mol. The minimum Gasteiger partial charge on any atom is -0.353 e. The standard InChI is InChI=1S/C18H14N4OS/c1-11-5-4-8-19-16(11)22-17(23)15-10-24-18(21-15)14-9-12-6-2-3-7-13(12)20-14/h2-10,20H,1H3,(H,19,22,23). The number of carbonyl (C=O) groups is 1. The number of hydrogen-bond acceptors (Lipinski definition) is 4. The van der Waals surface area contributed by atoms with E-state index in [-0.39, 0.29) is 5.91 Å². The topological polar surface area (TPSA) is 70.7 Å². The number of hydrogen-bond donors (Lipinski definition) is 2. The van der Waals surface area contributed by atoms with Gasteiger partial charge in [-0.25, -0.2) is 9.97 Å². The van der Waals surface area contributed by atoms with Crippen molar-refractivity contribution < 1.29 is 4.79 Å². The van der Waals surface area contributed by atoms with Gasteiger partial charge in [0.25, 0.3) is 5.91 Å². The van der Waals surface area contributed by atoms with E-state index in [1.165, 1.54) is 11.3 Å². The van der Waals surface area contributed by atoms with Gasteiger partial charge >= 0.3 is 0 Å². The molecule has 4 rings (SSSR count). The summed E-state index contributed by atoms with van der Waals surface area (Å²) < 4.78 is 0. The molecule has 0 saturated heterocycles. The average Bonchev–Trinajstić information content (AvgIpc) is 3.23. The Balaban J connectivity index is 1.60. The SMILES string of the molecule is Cc1cccnc1NC(=O)c1csc(-c2cc3ccccc3[nH]2)n1. The molecule has 118 valence electrons. The first-order valence-corrected chi connectivity index (χ1v) is 8.35. The first-order valence-electron chi connectivity index (χ1n) is 7.47. The molecule has 6 heteroatoms. The fourth-order valence-electron chi connectivity index (χ4n) is 2.48. The number of aromatic amines is 1. The van der Waals surface area contributed by atoms with Gasteiger partial charge in [0.1, 0.15) is 16.5 Å². The van der Waals surface area contributed by atoms with Crippen LogP contribution in [0.5, 0.6) is 0 Å². The van der Waals surface area contributed by atoms with Crippen LogP contribution in [-0.2, 0) is 0 Å². The number of rotatable bonds is 3. The number of nitrogens with zero attached hydrogens (tertiary/aromatic N) is 2. The minimum atomic E-state index is -0.254. The van der Waals surface area contributed by atoms with E-state index in [4.69, 9.17) is 0 Å². The van der Waals surface area contributed by atoms with Crippen LogP contribution in [-0.4, -0.2) is 20.9 Å². The molecule has 5 nitrogen and oxygen atoms in total. The van der Waals surface area contributed by atoms with Crippen LogP contribution < -0.4 is 5.32 Å². The maximum Gasteiger partial charge on any atom is 0.276 e. The zero-order valence-corrected chi connectivity index (χ0v) is 13.7. The van der Waals surface area contributed by atoms with E-state index < -0.39 is 0 Å². The molecule has 0 spiro atoms. The van der Waals surface area contributed by atoms with Gasteiger partial charge in [0.05, 0.1) is 5.69 Å². The number of anilines is 1. The number of aromatic nitrogens is 3. The van der Waals surface area contributed by atoms with Crippen molar-refractivity contribution in [2.45, 2.75) is 6.92 Å². The number of aryl methyl sites for hydroxylation is 1. The highest BCUT2D eigenvalue weighted by Crippen LogP contribution is 2.27. The second-order valence-electron chi connectivity index (χ2n) is 5.43. The smallest absolute Gasteiger partial charge is 0.276 e. The van der Waals surface area contributed by atoms with Gasteiger partial charge in [0.15, 0.2) is 0 Å². The first kappa shape index (κ1) is 14.6. The Morgan fingerprint density at radius 2 is 2.08 bits per heavy atom. The molecular formula is C18H14N4OS. The van der Waals surface area contributed by atoms with E-state index in [9.17, 15) is 4.79 Å². The van der Waals surface area contributed by atoms with E-state index in [2.05, 4.69) is 20.3 Å². The molecule has 0 aliphatic carbocycles. The molecule has 0 bridgehead atoms. The molecule has 0 fully saturated rings. The van der Waals surface area contributed by atoms with Crippen LogP contribution in [0, 0.1) is 6.92 Å². The lowest BCUT2D eigenvalue weighted by Crippen LogP contribution is -2.14. The summed E-state index contributed by atoms with van der Waals surface area (Å²) in [5.41, 5.74) is 3.27. The summed E-state index contributed by atoms with van der Waals surface area (Å²) in [7, 11) is 0. The van der Waals surface area contributed by atoms with Gasteiger partial charge in [-0.1, -0.05) is 24.3 Å². The highest BCUT2D eigenvalue weighted by atomic mass is 32.1. The lowest BCUT2D eigenvalue weighted by molar-refractivity contribution is 0.102. The highest BCUT2D eigenvalue weighted by molar-refractivity contribution is 7.13. The quantitative estimate of drug-likeness (QED) is 0.588. The Hall–Kier alpha value is -2.99. The fraction of sp³-hybridized carbons (Fsp3) is 0.0556. The van der Waals surface area contributed by atoms with Crippen LogP contribution in [0.1, 0.15) is 16.1 Å². The lowest BCUT2D eigenvalue weighted by atomic mass is 10.2. The van der Waals surface area contributed by atoms with Crippen molar-refractivity contribution in [1.29, 1.82) is 0 Å². The van der Waals surface area contributed by atoms with Gasteiger partial charge in [0.2, 0.25) is 0 Å². The van der Waals surface area contributed by atoms with Crippen molar-refractivity contribution in [3.63, 3.8) is 0 Å². The molecular weight excluding hydrogens is 320 g/mol. The molecule has 3 heterocycles. The van der Waals surface area contributed by atoms with Gasteiger partial charge in [-0.3, -0.25) is 4.79 Å². The van der Waals surface area contributed by atoms with Gasteiger partial charge in [-0.2, -0.15) is 0 Å². The summed E-state index contributed by atoms with van der Waals surface area (Å²) in [6.07, 6.45) is 1.65. The van der Waals surface area contributed by atoms with Crippen LogP contribution in [0.3, 0.4) is 0 Å². The van der Waals surface area contributed by atoms with Gasteiger partial charge in [0, 0.05) is 22.5 Å². The summed E-state index contributed by atoms with van der Waals surface area (Å²) >= 11 is 1.44. The minimum absolute atomic E-state index is 0.254. The van der Waals surface area contributed by atoms with Crippen LogP contribution in [0.4, 0.5) is 5.82 Å². The summed E-state index contributed by atoms with van der Waals surface area (Å²) in [6.45, 7) is 1.90. The molecule has 0 aliphatic rings. The number of H-pyrrole nitrogens is 1. The predicted octanol–water partition coefficient (Wildman–Crippen LogP) is 4.25. The number of nitrogens with one attached hydrogen (secondary N) is 2. The molecule has 0 aliphatic heterocycles. The number of thiazole rings is 1. The van der Waals surface area contributed by atoms with Gasteiger partial charge < -0.3 is 10.3 Å². The Morgan fingerprint density at radius 1 is 1.21 bits per heavy atom. The third-order valence-corrected chi connectivity index (χ3v) is 4.61. The third kappa shape index (κ3) is 2.68. The Kier molecular flexibility index (Phi) is 3.59. The Bertz CT molecular complexity index is 1000. The van der Waals surface area contributed by atoms with Crippen LogP contribution in [0.15, 0.2) is 54.0 Å². The van der Waals surface area contributed by atoms with Crippen molar-refractivity contribution in [1.82, 2.24) is 15.0 Å². The third-order valence-electron chi connectivity index (χ3n) is 3.74. The zero-order valence-electron chi connectivity index (χ0n) is 12.9. The molecule has 0 saturated carbocycles. The molecule has 2 N–H and O–H groups in total. The normalized spacial score (nSPS) is 10.9. The van der Waals surface area contributed by atoms with E-state index in [1.54, 1.807) is 11.6 Å². The second kappa shape index (κ2) is 5.90. The number of carbonyl (C=O) groups excluding carboxylic acids is 1. The van der Waals surface area contributed by atoms with Crippen molar-refractivity contribution in [2.75, 3.05) is 5.32 Å². The Morgan fingerprint density at radius 3 is 2.92 bits per heavy atom.